The molecule has 0 fully saturated rings. The summed E-state index contributed by atoms with van der Waals surface area (Å²) >= 11 is 2.54. The van der Waals surface area contributed by atoms with Crippen LogP contribution in [0, 0.1) is 6.92 Å². The van der Waals surface area contributed by atoms with Gasteiger partial charge in [-0.1, -0.05) is 17.7 Å². The fourth-order valence-corrected chi connectivity index (χ4v) is 3.90. The molecule has 0 atom stereocenters. The average molecular weight is 446 g/mol. The number of aryl methyl sites for hydroxylation is 1. The van der Waals surface area contributed by atoms with E-state index in [4.69, 9.17) is 15.2 Å². The molecule has 10 heteroatoms. The van der Waals surface area contributed by atoms with E-state index in [1.165, 1.54) is 17.4 Å². The number of esters is 1. The van der Waals surface area contributed by atoms with Crippen LogP contribution in [0.4, 0.5) is 5.00 Å². The van der Waals surface area contributed by atoms with Crippen molar-refractivity contribution in [2.75, 3.05) is 11.9 Å². The highest BCUT2D eigenvalue weighted by Gasteiger charge is 2.15. The molecule has 0 radical (unpaired) electrons. The molecular weight excluding hydrogens is 426 g/mol. The van der Waals surface area contributed by atoms with Crippen molar-refractivity contribution >= 4 is 45.5 Å². The van der Waals surface area contributed by atoms with Crippen LogP contribution in [0.5, 0.6) is 5.75 Å². The molecule has 3 aromatic rings. The average Bonchev–Trinajstić information content (AvgIpc) is 3.35. The number of ether oxygens (including phenoxy) is 2. The molecule has 1 aromatic carbocycles. The van der Waals surface area contributed by atoms with Crippen LogP contribution >= 0.6 is 22.7 Å². The molecule has 0 aliphatic carbocycles. The lowest BCUT2D eigenvalue weighted by Gasteiger charge is -2.06. The molecule has 0 unspecified atom stereocenters. The summed E-state index contributed by atoms with van der Waals surface area (Å²) < 4.78 is 10.6. The van der Waals surface area contributed by atoms with Crippen LogP contribution in [0.15, 0.2) is 41.1 Å². The fraction of sp³-hybridized carbons (Fsp3) is 0.200. The Bertz CT molecular complexity index is 1040. The second-order valence-electron chi connectivity index (χ2n) is 6.25. The Morgan fingerprint density at radius 2 is 1.90 bits per heavy atom. The van der Waals surface area contributed by atoms with Crippen molar-refractivity contribution in [3.05, 3.63) is 62.9 Å². The molecule has 0 saturated heterocycles. The number of benzene rings is 1. The number of amides is 2. The molecule has 0 spiro atoms. The smallest absolute Gasteiger partial charge is 0.312 e. The van der Waals surface area contributed by atoms with Gasteiger partial charge >= 0.3 is 5.97 Å². The molecule has 30 heavy (non-hydrogen) atoms. The highest BCUT2D eigenvalue weighted by Crippen LogP contribution is 2.22. The van der Waals surface area contributed by atoms with E-state index in [0.717, 1.165) is 27.7 Å². The van der Waals surface area contributed by atoms with Gasteiger partial charge in [0.15, 0.2) is 6.61 Å². The largest absolute Gasteiger partial charge is 0.486 e. The van der Waals surface area contributed by atoms with Crippen molar-refractivity contribution in [2.45, 2.75) is 20.0 Å². The van der Waals surface area contributed by atoms with Gasteiger partial charge in [-0.2, -0.15) is 0 Å². The highest BCUT2D eigenvalue weighted by molar-refractivity contribution is 7.14. The maximum atomic E-state index is 12.0. The minimum Gasteiger partial charge on any atom is -0.486 e. The van der Waals surface area contributed by atoms with Crippen LogP contribution in [0.2, 0.25) is 0 Å². The molecule has 2 heterocycles. The molecule has 0 aliphatic heterocycles. The van der Waals surface area contributed by atoms with E-state index >= 15 is 0 Å². The standard InChI is InChI=1S/C20H19N3O5S2/c1-12-2-4-14(5-3-12)27-10-17-22-13(11-30-17)8-18(25)28-9-16(24)23-20-15(19(21)26)6-7-29-20/h2-7,11H,8-10H2,1H3,(H2,21,26)(H,23,24). The van der Waals surface area contributed by atoms with E-state index in [-0.39, 0.29) is 12.0 Å². The number of aromatic nitrogens is 1. The Morgan fingerprint density at radius 3 is 2.63 bits per heavy atom. The topological polar surface area (TPSA) is 121 Å². The third kappa shape index (κ3) is 6.13. The summed E-state index contributed by atoms with van der Waals surface area (Å²) in [5.41, 5.74) is 7.12. The minimum atomic E-state index is -0.644. The Hall–Kier alpha value is -3.24. The minimum absolute atomic E-state index is 0.0557. The highest BCUT2D eigenvalue weighted by atomic mass is 32.1. The summed E-state index contributed by atoms with van der Waals surface area (Å²) in [6.45, 7) is 1.83. The molecule has 2 aromatic heterocycles. The first-order valence-corrected chi connectivity index (χ1v) is 10.6. The lowest BCUT2D eigenvalue weighted by molar-refractivity contribution is -0.146. The van der Waals surface area contributed by atoms with Gasteiger partial charge in [0.05, 0.1) is 17.7 Å². The van der Waals surface area contributed by atoms with Gasteiger partial charge in [-0.15, -0.1) is 22.7 Å². The molecule has 8 nitrogen and oxygen atoms in total. The van der Waals surface area contributed by atoms with Gasteiger partial charge in [-0.05, 0) is 30.5 Å². The van der Waals surface area contributed by atoms with Gasteiger partial charge in [-0.3, -0.25) is 14.4 Å². The normalized spacial score (nSPS) is 10.4. The third-order valence-electron chi connectivity index (χ3n) is 3.86. The number of thiophene rings is 1. The summed E-state index contributed by atoms with van der Waals surface area (Å²) in [7, 11) is 0. The van der Waals surface area contributed by atoms with Gasteiger partial charge < -0.3 is 20.5 Å². The first kappa shape index (κ1) is 21.5. The number of hydrogen-bond acceptors (Lipinski definition) is 8. The van der Waals surface area contributed by atoms with E-state index in [2.05, 4.69) is 10.3 Å². The van der Waals surface area contributed by atoms with Crippen LogP contribution in [0.3, 0.4) is 0 Å². The molecule has 0 saturated carbocycles. The number of nitrogens with two attached hydrogens (primary N) is 1. The third-order valence-corrected chi connectivity index (χ3v) is 5.56. The number of nitrogens with zero attached hydrogens (tertiary/aromatic N) is 1. The molecule has 3 rings (SSSR count). The molecule has 2 amide bonds. The number of nitrogens with one attached hydrogen (secondary N) is 1. The zero-order valence-corrected chi connectivity index (χ0v) is 17.7. The zero-order valence-electron chi connectivity index (χ0n) is 16.0. The number of carbonyl (C=O) groups is 3. The molecular formula is C20H19N3O5S2. The van der Waals surface area contributed by atoms with Gasteiger partial charge in [0.25, 0.3) is 11.8 Å². The van der Waals surface area contributed by atoms with Crippen molar-refractivity contribution in [1.29, 1.82) is 0 Å². The number of anilines is 1. The van der Waals surface area contributed by atoms with Gasteiger partial charge in [0.2, 0.25) is 0 Å². The number of carbonyl (C=O) groups excluding carboxylic acids is 3. The van der Waals surface area contributed by atoms with Crippen molar-refractivity contribution < 1.29 is 23.9 Å². The number of primary amides is 1. The lowest BCUT2D eigenvalue weighted by atomic mass is 10.2. The van der Waals surface area contributed by atoms with E-state index in [1.807, 2.05) is 31.2 Å². The van der Waals surface area contributed by atoms with Gasteiger partial charge in [0.1, 0.15) is 22.4 Å². The van der Waals surface area contributed by atoms with E-state index < -0.39 is 24.4 Å². The van der Waals surface area contributed by atoms with Crippen molar-refractivity contribution in [3.63, 3.8) is 0 Å². The van der Waals surface area contributed by atoms with Crippen molar-refractivity contribution in [3.8, 4) is 5.75 Å². The Morgan fingerprint density at radius 1 is 1.13 bits per heavy atom. The summed E-state index contributed by atoms with van der Waals surface area (Å²) in [6.07, 6.45) is -0.0557. The molecule has 0 bridgehead atoms. The summed E-state index contributed by atoms with van der Waals surface area (Å²) in [5, 5.41) is 6.93. The first-order chi connectivity index (χ1) is 14.4. The van der Waals surface area contributed by atoms with E-state index in [0.29, 0.717) is 17.3 Å². The number of rotatable bonds is 9. The maximum absolute atomic E-state index is 12.0. The Kier molecular flexibility index (Phi) is 7.15. The van der Waals surface area contributed by atoms with Crippen LogP contribution < -0.4 is 15.8 Å². The quantitative estimate of drug-likeness (QED) is 0.489. The number of hydrogen-bond donors (Lipinski definition) is 2. The van der Waals surface area contributed by atoms with Gasteiger partial charge in [0, 0.05) is 5.38 Å². The van der Waals surface area contributed by atoms with Crippen LogP contribution in [0.25, 0.3) is 0 Å². The maximum Gasteiger partial charge on any atom is 0.312 e. The first-order valence-electron chi connectivity index (χ1n) is 8.86. The van der Waals surface area contributed by atoms with Gasteiger partial charge in [-0.25, -0.2) is 4.98 Å². The molecule has 0 aliphatic rings. The second kappa shape index (κ2) is 9.99. The van der Waals surface area contributed by atoms with E-state index in [1.54, 1.807) is 10.8 Å². The van der Waals surface area contributed by atoms with Crippen LogP contribution in [-0.2, 0) is 27.4 Å². The number of thiazole rings is 1. The predicted molar refractivity (Wildman–Crippen MR) is 114 cm³/mol. The molecule has 156 valence electrons. The SMILES string of the molecule is Cc1ccc(OCc2nc(CC(=O)OCC(=O)Nc3sccc3C(N)=O)cs2)cc1. The second-order valence-corrected chi connectivity index (χ2v) is 8.11. The summed E-state index contributed by atoms with van der Waals surface area (Å²) in [6, 6.07) is 9.20. The van der Waals surface area contributed by atoms with Crippen molar-refractivity contribution in [2.24, 2.45) is 5.73 Å². The van der Waals surface area contributed by atoms with Crippen LogP contribution in [-0.4, -0.2) is 29.4 Å². The summed E-state index contributed by atoms with van der Waals surface area (Å²) in [4.78, 5) is 39.5. The zero-order chi connectivity index (χ0) is 21.5. The van der Waals surface area contributed by atoms with Crippen molar-refractivity contribution in [1.82, 2.24) is 4.98 Å². The molecule has 3 N–H and O–H groups in total. The lowest BCUT2D eigenvalue weighted by Crippen LogP contribution is -2.22. The fourth-order valence-electron chi connectivity index (χ4n) is 2.38. The monoisotopic (exact) mass is 445 g/mol. The Labute approximate surface area is 180 Å². The van der Waals surface area contributed by atoms with E-state index in [9.17, 15) is 14.4 Å². The summed E-state index contributed by atoms with van der Waals surface area (Å²) in [5.74, 6) is -1.04. The Balaban J connectivity index is 1.42. The predicted octanol–water partition coefficient (Wildman–Crippen LogP) is 2.92. The van der Waals surface area contributed by atoms with Crippen LogP contribution in [0.1, 0.15) is 26.6 Å².